The molecule has 0 amide bonds. The Labute approximate surface area is 211 Å². The Morgan fingerprint density at radius 2 is 1.26 bits per heavy atom. The van der Waals surface area contributed by atoms with Crippen LogP contribution in [-0.2, 0) is 9.53 Å². The zero-order valence-electron chi connectivity index (χ0n) is 21.6. The van der Waals surface area contributed by atoms with E-state index in [-0.39, 0.29) is 12.1 Å². The molecule has 3 heteroatoms. The van der Waals surface area contributed by atoms with E-state index in [4.69, 9.17) is 9.47 Å². The molecular weight excluding hydrogens is 432 g/mol. The number of unbranched alkanes of at least 4 members (excludes halogenated alkanes) is 6. The van der Waals surface area contributed by atoms with Crippen molar-refractivity contribution >= 4 is 5.97 Å². The molecule has 3 aromatic rings. The van der Waals surface area contributed by atoms with E-state index in [1.165, 1.54) is 49.7 Å². The standard InChI is InChI=1S/C32H40O3/c1-4-6-7-8-9-10-13-24-34-29-22-20-28(21-23-29)31-15-12-11-14-30(31)27-18-16-26(17-19-27)25(3)35-32(33)5-2/h11-12,14-23,25H,4-10,13,24H2,1-3H3. The summed E-state index contributed by atoms with van der Waals surface area (Å²) in [5.41, 5.74) is 5.66. The Balaban J connectivity index is 1.60. The van der Waals surface area contributed by atoms with Crippen LogP contribution in [0, 0.1) is 0 Å². The van der Waals surface area contributed by atoms with Crippen molar-refractivity contribution in [2.24, 2.45) is 0 Å². The van der Waals surface area contributed by atoms with Crippen LogP contribution in [0.15, 0.2) is 72.8 Å². The zero-order chi connectivity index (χ0) is 24.9. The molecule has 186 valence electrons. The molecule has 0 aliphatic heterocycles. The molecule has 3 nitrogen and oxygen atoms in total. The van der Waals surface area contributed by atoms with E-state index in [0.717, 1.165) is 35.5 Å². The third-order valence-corrected chi connectivity index (χ3v) is 6.40. The van der Waals surface area contributed by atoms with Crippen LogP contribution >= 0.6 is 0 Å². The van der Waals surface area contributed by atoms with Gasteiger partial charge in [-0.2, -0.15) is 0 Å². The Morgan fingerprint density at radius 1 is 0.714 bits per heavy atom. The molecule has 0 aliphatic carbocycles. The van der Waals surface area contributed by atoms with E-state index in [1.807, 2.05) is 26.0 Å². The van der Waals surface area contributed by atoms with E-state index in [1.54, 1.807) is 0 Å². The van der Waals surface area contributed by atoms with Gasteiger partial charge in [-0.3, -0.25) is 4.79 Å². The van der Waals surface area contributed by atoms with E-state index in [9.17, 15) is 4.79 Å². The normalized spacial score (nSPS) is 11.7. The molecule has 0 spiro atoms. The topological polar surface area (TPSA) is 35.5 Å². The van der Waals surface area contributed by atoms with Gasteiger partial charge in [0.05, 0.1) is 6.61 Å². The van der Waals surface area contributed by atoms with Gasteiger partial charge in [0, 0.05) is 6.42 Å². The van der Waals surface area contributed by atoms with Gasteiger partial charge < -0.3 is 9.47 Å². The predicted octanol–water partition coefficient (Wildman–Crippen LogP) is 9.16. The van der Waals surface area contributed by atoms with Gasteiger partial charge in [-0.25, -0.2) is 0 Å². The van der Waals surface area contributed by atoms with Gasteiger partial charge in [-0.1, -0.05) is 113 Å². The summed E-state index contributed by atoms with van der Waals surface area (Å²) in [4.78, 5) is 11.6. The lowest BCUT2D eigenvalue weighted by molar-refractivity contribution is -0.148. The lowest BCUT2D eigenvalue weighted by atomic mass is 9.94. The minimum absolute atomic E-state index is 0.179. The molecule has 1 unspecified atom stereocenters. The second kappa shape index (κ2) is 14.4. The summed E-state index contributed by atoms with van der Waals surface area (Å²) < 4.78 is 11.4. The van der Waals surface area contributed by atoms with Gasteiger partial charge >= 0.3 is 5.97 Å². The summed E-state index contributed by atoms with van der Waals surface area (Å²) in [6, 6.07) is 25.1. The molecule has 0 aliphatic rings. The Hall–Kier alpha value is -3.07. The Morgan fingerprint density at radius 3 is 1.83 bits per heavy atom. The van der Waals surface area contributed by atoms with Crippen molar-refractivity contribution in [3.63, 3.8) is 0 Å². The number of benzene rings is 3. The molecule has 0 saturated carbocycles. The summed E-state index contributed by atoms with van der Waals surface area (Å²) in [7, 11) is 0. The van der Waals surface area contributed by atoms with Crippen LogP contribution < -0.4 is 4.74 Å². The highest BCUT2D eigenvalue weighted by Gasteiger charge is 2.12. The van der Waals surface area contributed by atoms with Crippen LogP contribution in [0.1, 0.15) is 83.8 Å². The number of rotatable bonds is 14. The average Bonchev–Trinajstić information content (AvgIpc) is 2.90. The molecule has 0 N–H and O–H groups in total. The van der Waals surface area contributed by atoms with Crippen molar-refractivity contribution in [2.75, 3.05) is 6.61 Å². The maximum Gasteiger partial charge on any atom is 0.306 e. The molecule has 3 aromatic carbocycles. The van der Waals surface area contributed by atoms with Crippen molar-refractivity contribution in [2.45, 2.75) is 78.2 Å². The van der Waals surface area contributed by atoms with Gasteiger partial charge in [-0.05, 0) is 53.3 Å². The number of hydrogen-bond acceptors (Lipinski definition) is 3. The van der Waals surface area contributed by atoms with E-state index < -0.39 is 0 Å². The maximum absolute atomic E-state index is 11.6. The molecule has 1 atom stereocenters. The quantitative estimate of drug-likeness (QED) is 0.173. The lowest BCUT2D eigenvalue weighted by Gasteiger charge is -2.15. The first-order chi connectivity index (χ1) is 17.1. The first-order valence-electron chi connectivity index (χ1n) is 13.2. The average molecular weight is 473 g/mol. The fourth-order valence-corrected chi connectivity index (χ4v) is 4.25. The molecule has 0 radical (unpaired) electrons. The molecule has 0 aromatic heterocycles. The maximum atomic E-state index is 11.6. The summed E-state index contributed by atoms with van der Waals surface area (Å²) in [6.07, 6.45) is 9.16. The minimum atomic E-state index is -0.250. The first kappa shape index (κ1) is 26.5. The molecule has 0 heterocycles. The largest absolute Gasteiger partial charge is 0.494 e. The van der Waals surface area contributed by atoms with Crippen molar-refractivity contribution in [1.29, 1.82) is 0 Å². The smallest absolute Gasteiger partial charge is 0.306 e. The number of carbonyl (C=O) groups is 1. The van der Waals surface area contributed by atoms with Crippen LogP contribution in [0.3, 0.4) is 0 Å². The van der Waals surface area contributed by atoms with E-state index >= 15 is 0 Å². The molecular formula is C32H40O3. The fraction of sp³-hybridized carbons (Fsp3) is 0.406. The Bertz CT molecular complexity index is 1020. The Kier molecular flexibility index (Phi) is 10.9. The van der Waals surface area contributed by atoms with Gasteiger partial charge in [0.1, 0.15) is 11.9 Å². The molecule has 0 fully saturated rings. The fourth-order valence-electron chi connectivity index (χ4n) is 4.25. The minimum Gasteiger partial charge on any atom is -0.494 e. The molecule has 0 bridgehead atoms. The molecule has 3 rings (SSSR count). The highest BCUT2D eigenvalue weighted by Crippen LogP contribution is 2.33. The predicted molar refractivity (Wildman–Crippen MR) is 146 cm³/mol. The van der Waals surface area contributed by atoms with Gasteiger partial charge in [0.15, 0.2) is 0 Å². The lowest BCUT2D eigenvalue weighted by Crippen LogP contribution is -2.07. The number of ether oxygens (including phenoxy) is 2. The van der Waals surface area contributed by atoms with Gasteiger partial charge in [0.2, 0.25) is 0 Å². The van der Waals surface area contributed by atoms with Crippen molar-refractivity contribution in [3.8, 4) is 28.0 Å². The van der Waals surface area contributed by atoms with Crippen LogP contribution in [0.4, 0.5) is 0 Å². The van der Waals surface area contributed by atoms with Crippen molar-refractivity contribution in [1.82, 2.24) is 0 Å². The summed E-state index contributed by atoms with van der Waals surface area (Å²) in [5.74, 6) is 0.749. The SMILES string of the molecule is CCCCCCCCCOc1ccc(-c2ccccc2-c2ccc(C(C)OC(=O)CC)cc2)cc1. The third kappa shape index (κ3) is 8.28. The number of esters is 1. The summed E-state index contributed by atoms with van der Waals surface area (Å²) in [6.45, 7) is 6.76. The second-order valence-electron chi connectivity index (χ2n) is 9.15. The van der Waals surface area contributed by atoms with Crippen molar-refractivity contribution < 1.29 is 14.3 Å². The molecule has 35 heavy (non-hydrogen) atoms. The van der Waals surface area contributed by atoms with E-state index in [2.05, 4.69) is 67.6 Å². The van der Waals surface area contributed by atoms with Crippen LogP contribution in [0.2, 0.25) is 0 Å². The number of hydrogen-bond donors (Lipinski definition) is 0. The number of carbonyl (C=O) groups excluding carboxylic acids is 1. The summed E-state index contributed by atoms with van der Waals surface area (Å²) in [5, 5.41) is 0. The monoisotopic (exact) mass is 472 g/mol. The second-order valence-corrected chi connectivity index (χ2v) is 9.15. The van der Waals surface area contributed by atoms with Crippen LogP contribution in [-0.4, -0.2) is 12.6 Å². The summed E-state index contributed by atoms with van der Waals surface area (Å²) >= 11 is 0. The highest BCUT2D eigenvalue weighted by molar-refractivity contribution is 5.83. The first-order valence-corrected chi connectivity index (χ1v) is 13.2. The third-order valence-electron chi connectivity index (χ3n) is 6.40. The van der Waals surface area contributed by atoms with Gasteiger partial charge in [-0.15, -0.1) is 0 Å². The highest BCUT2D eigenvalue weighted by atomic mass is 16.5. The van der Waals surface area contributed by atoms with Crippen LogP contribution in [0.25, 0.3) is 22.3 Å². The van der Waals surface area contributed by atoms with Crippen LogP contribution in [0.5, 0.6) is 5.75 Å². The zero-order valence-corrected chi connectivity index (χ0v) is 21.6. The molecule has 0 saturated heterocycles. The van der Waals surface area contributed by atoms with Gasteiger partial charge in [0.25, 0.3) is 0 Å². The van der Waals surface area contributed by atoms with Crippen molar-refractivity contribution in [3.05, 3.63) is 78.4 Å². The van der Waals surface area contributed by atoms with E-state index in [0.29, 0.717) is 6.42 Å².